The second-order valence-electron chi connectivity index (χ2n) is 6.64. The SMILES string of the molecule is CCNC(=NCC1(O)CCC1)NC(C)CCCC(C)C.I. The Hall–Kier alpha value is -0.0400. The fourth-order valence-electron chi connectivity index (χ4n) is 2.43. The van der Waals surface area contributed by atoms with Gasteiger partial charge in [-0.15, -0.1) is 24.0 Å². The minimum Gasteiger partial charge on any atom is -0.388 e. The molecule has 1 atom stereocenters. The number of hydrogen-bond donors (Lipinski definition) is 3. The van der Waals surface area contributed by atoms with Crippen LogP contribution in [-0.4, -0.2) is 35.8 Å². The van der Waals surface area contributed by atoms with E-state index < -0.39 is 5.60 Å². The Morgan fingerprint density at radius 2 is 1.90 bits per heavy atom. The summed E-state index contributed by atoms with van der Waals surface area (Å²) < 4.78 is 0. The zero-order chi connectivity index (χ0) is 15.0. The van der Waals surface area contributed by atoms with Gasteiger partial charge >= 0.3 is 0 Å². The van der Waals surface area contributed by atoms with Crippen LogP contribution in [-0.2, 0) is 0 Å². The van der Waals surface area contributed by atoms with E-state index in [1.807, 2.05) is 0 Å². The number of halogens is 1. The topological polar surface area (TPSA) is 56.7 Å². The van der Waals surface area contributed by atoms with Crippen LogP contribution in [0.1, 0.15) is 66.2 Å². The molecule has 4 nitrogen and oxygen atoms in total. The highest BCUT2D eigenvalue weighted by molar-refractivity contribution is 14.0. The van der Waals surface area contributed by atoms with Gasteiger partial charge < -0.3 is 15.7 Å². The van der Waals surface area contributed by atoms with Crippen molar-refractivity contribution in [2.45, 2.75) is 77.9 Å². The third kappa shape index (κ3) is 8.86. The van der Waals surface area contributed by atoms with Gasteiger partial charge in [0.15, 0.2) is 5.96 Å². The largest absolute Gasteiger partial charge is 0.388 e. The maximum absolute atomic E-state index is 10.1. The van der Waals surface area contributed by atoms with E-state index in [9.17, 15) is 5.11 Å². The average molecular weight is 411 g/mol. The number of hydrogen-bond acceptors (Lipinski definition) is 2. The van der Waals surface area contributed by atoms with Crippen molar-refractivity contribution in [1.29, 1.82) is 0 Å². The Morgan fingerprint density at radius 3 is 2.38 bits per heavy atom. The smallest absolute Gasteiger partial charge is 0.191 e. The highest BCUT2D eigenvalue weighted by Crippen LogP contribution is 2.31. The molecule has 1 saturated carbocycles. The van der Waals surface area contributed by atoms with E-state index in [-0.39, 0.29) is 24.0 Å². The van der Waals surface area contributed by atoms with Gasteiger partial charge in [0.2, 0.25) is 0 Å². The molecule has 1 unspecified atom stereocenters. The van der Waals surface area contributed by atoms with Gasteiger partial charge in [-0.3, -0.25) is 4.99 Å². The van der Waals surface area contributed by atoms with Crippen LogP contribution in [0.15, 0.2) is 4.99 Å². The Bertz CT molecular complexity index is 304. The van der Waals surface area contributed by atoms with Gasteiger partial charge in [-0.1, -0.05) is 26.7 Å². The fourth-order valence-corrected chi connectivity index (χ4v) is 2.43. The molecule has 0 aromatic rings. The fraction of sp³-hybridized carbons (Fsp3) is 0.938. The van der Waals surface area contributed by atoms with Crippen molar-refractivity contribution < 1.29 is 5.11 Å². The van der Waals surface area contributed by atoms with Crippen LogP contribution in [0.2, 0.25) is 0 Å². The molecular weight excluding hydrogens is 377 g/mol. The summed E-state index contributed by atoms with van der Waals surface area (Å²) in [5.74, 6) is 1.61. The lowest BCUT2D eigenvalue weighted by Crippen LogP contribution is -2.45. The average Bonchev–Trinajstić information content (AvgIpc) is 2.33. The molecule has 21 heavy (non-hydrogen) atoms. The van der Waals surface area contributed by atoms with Crippen molar-refractivity contribution in [2.75, 3.05) is 13.1 Å². The van der Waals surface area contributed by atoms with E-state index in [2.05, 4.69) is 43.3 Å². The van der Waals surface area contributed by atoms with Crippen molar-refractivity contribution in [3.63, 3.8) is 0 Å². The molecule has 0 aliphatic heterocycles. The second-order valence-corrected chi connectivity index (χ2v) is 6.64. The minimum atomic E-state index is -0.538. The highest BCUT2D eigenvalue weighted by Gasteiger charge is 2.34. The van der Waals surface area contributed by atoms with Crippen LogP contribution in [0.4, 0.5) is 0 Å². The number of rotatable bonds is 8. The molecule has 0 aromatic heterocycles. The summed E-state index contributed by atoms with van der Waals surface area (Å²) in [6.45, 7) is 10.2. The predicted molar refractivity (Wildman–Crippen MR) is 101 cm³/mol. The highest BCUT2D eigenvalue weighted by atomic mass is 127. The van der Waals surface area contributed by atoms with Crippen LogP contribution >= 0.6 is 24.0 Å². The lowest BCUT2D eigenvalue weighted by atomic mass is 9.80. The molecular formula is C16H34IN3O. The first-order chi connectivity index (χ1) is 9.45. The molecule has 0 amide bonds. The van der Waals surface area contributed by atoms with Crippen molar-refractivity contribution >= 4 is 29.9 Å². The van der Waals surface area contributed by atoms with Crippen LogP contribution in [0.5, 0.6) is 0 Å². The van der Waals surface area contributed by atoms with Gasteiger partial charge in [-0.2, -0.15) is 0 Å². The molecule has 1 aliphatic carbocycles. The zero-order valence-corrected chi connectivity index (χ0v) is 16.4. The summed E-state index contributed by atoms with van der Waals surface area (Å²) in [6, 6.07) is 0.419. The molecule has 1 aliphatic rings. The molecule has 3 N–H and O–H groups in total. The molecule has 0 radical (unpaired) electrons. The Morgan fingerprint density at radius 1 is 1.24 bits per heavy atom. The van der Waals surface area contributed by atoms with E-state index >= 15 is 0 Å². The first kappa shape index (κ1) is 21.0. The summed E-state index contributed by atoms with van der Waals surface area (Å²) in [4.78, 5) is 4.53. The van der Waals surface area contributed by atoms with Crippen LogP contribution in [0, 0.1) is 5.92 Å². The van der Waals surface area contributed by atoms with Crippen LogP contribution in [0.3, 0.4) is 0 Å². The lowest BCUT2D eigenvalue weighted by Gasteiger charge is -2.35. The van der Waals surface area contributed by atoms with Crippen molar-refractivity contribution in [3.8, 4) is 0 Å². The maximum Gasteiger partial charge on any atom is 0.191 e. The Balaban J connectivity index is 0.00000400. The molecule has 0 saturated heterocycles. The minimum absolute atomic E-state index is 0. The lowest BCUT2D eigenvalue weighted by molar-refractivity contribution is -0.0236. The van der Waals surface area contributed by atoms with E-state index in [0.29, 0.717) is 12.6 Å². The van der Waals surface area contributed by atoms with Gasteiger partial charge in [0.05, 0.1) is 12.1 Å². The van der Waals surface area contributed by atoms with Crippen LogP contribution in [0.25, 0.3) is 0 Å². The normalized spacial score (nSPS) is 18.7. The van der Waals surface area contributed by atoms with E-state index in [1.54, 1.807) is 0 Å². The number of aliphatic imine (C=N–C) groups is 1. The molecule has 1 fully saturated rings. The van der Waals surface area contributed by atoms with Gasteiger partial charge in [-0.25, -0.2) is 0 Å². The van der Waals surface area contributed by atoms with Crippen LogP contribution < -0.4 is 10.6 Å². The quantitative estimate of drug-likeness (QED) is 0.326. The van der Waals surface area contributed by atoms with Gasteiger partial charge in [0.1, 0.15) is 0 Å². The number of nitrogens with zero attached hydrogens (tertiary/aromatic N) is 1. The summed E-state index contributed by atoms with van der Waals surface area (Å²) in [7, 11) is 0. The summed E-state index contributed by atoms with van der Waals surface area (Å²) >= 11 is 0. The molecule has 0 aromatic carbocycles. The first-order valence-electron chi connectivity index (χ1n) is 8.22. The van der Waals surface area contributed by atoms with Crippen molar-refractivity contribution in [2.24, 2.45) is 10.9 Å². The Labute approximate surface area is 147 Å². The predicted octanol–water partition coefficient (Wildman–Crippen LogP) is 3.29. The summed E-state index contributed by atoms with van der Waals surface area (Å²) in [6.07, 6.45) is 6.59. The summed E-state index contributed by atoms with van der Waals surface area (Å²) in [5, 5.41) is 16.8. The molecule has 5 heteroatoms. The maximum atomic E-state index is 10.1. The molecule has 126 valence electrons. The molecule has 1 rings (SSSR count). The van der Waals surface area contributed by atoms with Crippen molar-refractivity contribution in [1.82, 2.24) is 10.6 Å². The standard InChI is InChI=1S/C16H33N3O.HI/c1-5-17-15(18-12-16(20)10-7-11-16)19-14(4)9-6-8-13(2)3;/h13-14,20H,5-12H2,1-4H3,(H2,17,18,19);1H. The first-order valence-corrected chi connectivity index (χ1v) is 8.22. The van der Waals surface area contributed by atoms with E-state index in [1.165, 1.54) is 12.8 Å². The third-order valence-corrected chi connectivity index (χ3v) is 3.96. The Kier molecular flexibility index (Phi) is 10.6. The number of nitrogens with one attached hydrogen (secondary N) is 2. The van der Waals surface area contributed by atoms with E-state index in [4.69, 9.17) is 0 Å². The number of guanidine groups is 1. The molecule has 0 bridgehead atoms. The third-order valence-electron chi connectivity index (χ3n) is 3.96. The van der Waals surface area contributed by atoms with Gasteiger partial charge in [-0.05, 0) is 45.4 Å². The van der Waals surface area contributed by atoms with E-state index in [0.717, 1.165) is 44.1 Å². The number of aliphatic hydroxyl groups is 1. The van der Waals surface area contributed by atoms with Crippen molar-refractivity contribution in [3.05, 3.63) is 0 Å². The monoisotopic (exact) mass is 411 g/mol. The second kappa shape index (κ2) is 10.6. The zero-order valence-electron chi connectivity index (χ0n) is 14.1. The van der Waals surface area contributed by atoms with Gasteiger partial charge in [0, 0.05) is 12.6 Å². The molecule has 0 heterocycles. The molecule has 0 spiro atoms. The van der Waals surface area contributed by atoms with Gasteiger partial charge in [0.25, 0.3) is 0 Å². The summed E-state index contributed by atoms with van der Waals surface area (Å²) in [5.41, 5.74) is -0.538.